The second kappa shape index (κ2) is 6.76. The second-order valence-corrected chi connectivity index (χ2v) is 0.796. The van der Waals surface area contributed by atoms with Crippen LogP contribution in [0.15, 0.2) is 0 Å². The Kier molecular flexibility index (Phi) is 8.33. The fourth-order valence-corrected chi connectivity index (χ4v) is 0.117. The van der Waals surface area contributed by atoms with Crippen LogP contribution in [-0.4, -0.2) is 31.3 Å². The molecule has 0 aromatic rings. The van der Waals surface area contributed by atoms with Crippen molar-refractivity contribution in [3.05, 3.63) is 10.1 Å². The maximum absolute atomic E-state index is 10.7. The average molecular weight is 151 g/mol. The van der Waals surface area contributed by atoms with Crippen LogP contribution < -0.4 is 0 Å². The molecule has 0 bridgehead atoms. The van der Waals surface area contributed by atoms with E-state index in [9.17, 15) is 19.2 Å². The Morgan fingerprint density at radius 3 is 1.90 bits per heavy atom. The summed E-state index contributed by atoms with van der Waals surface area (Å²) in [7, 11) is -2.56. The van der Waals surface area contributed by atoms with Crippen LogP contribution >= 0.6 is 0 Å². The SMILES string of the molecule is O=[N+]([O-])OB(OF)OF.[LiH]. The van der Waals surface area contributed by atoms with Gasteiger partial charge in [-0.25, -0.2) is 0 Å². The molecule has 0 saturated heterocycles. The van der Waals surface area contributed by atoms with E-state index in [1.807, 2.05) is 0 Å². The normalized spacial score (nSPS) is 7.80. The van der Waals surface area contributed by atoms with Crippen LogP contribution in [0.4, 0.5) is 9.05 Å². The van der Waals surface area contributed by atoms with Crippen LogP contribution in [0.5, 0.6) is 0 Å². The molecule has 0 aliphatic rings. The first kappa shape index (κ1) is 12.3. The predicted octanol–water partition coefficient (Wildman–Crippen LogP) is -0.667. The van der Waals surface area contributed by atoms with Gasteiger partial charge in [0.05, 0.1) is 0 Å². The summed E-state index contributed by atoms with van der Waals surface area (Å²) in [5.41, 5.74) is 0. The van der Waals surface area contributed by atoms with Crippen LogP contribution in [0.1, 0.15) is 0 Å². The average Bonchev–Trinajstić information content (AvgIpc) is 1.82. The Labute approximate surface area is 65.7 Å². The van der Waals surface area contributed by atoms with Crippen molar-refractivity contribution in [2.45, 2.75) is 0 Å². The van der Waals surface area contributed by atoms with Gasteiger partial charge in [-0.2, -0.15) is 9.72 Å². The topological polar surface area (TPSA) is 70.8 Å². The molecule has 0 saturated carbocycles. The molecule has 0 atom stereocenters. The van der Waals surface area contributed by atoms with Crippen molar-refractivity contribution in [2.75, 3.05) is 0 Å². The summed E-state index contributed by atoms with van der Waals surface area (Å²) in [4.78, 5) is 14.1. The molecular weight excluding hydrogens is 150 g/mol. The first-order valence-electron chi connectivity index (χ1n) is 1.56. The molecule has 10 heteroatoms. The van der Waals surface area contributed by atoms with E-state index in [4.69, 9.17) is 0 Å². The van der Waals surface area contributed by atoms with E-state index < -0.39 is 12.4 Å². The molecule has 0 spiro atoms. The van der Waals surface area contributed by atoms with E-state index in [1.165, 1.54) is 0 Å². The van der Waals surface area contributed by atoms with Gasteiger partial charge in [-0.1, -0.05) is 9.05 Å². The fraction of sp³-hybridized carbons (Fsp3) is 0. The van der Waals surface area contributed by atoms with Crippen molar-refractivity contribution in [2.24, 2.45) is 0 Å². The number of hydrogen-bond donors (Lipinski definition) is 0. The van der Waals surface area contributed by atoms with Crippen molar-refractivity contribution < 1.29 is 28.6 Å². The zero-order valence-corrected chi connectivity index (χ0v) is 3.82. The van der Waals surface area contributed by atoms with Gasteiger partial charge < -0.3 is 0 Å². The molecule has 6 nitrogen and oxygen atoms in total. The summed E-state index contributed by atoms with van der Waals surface area (Å²) in [5.74, 6) is 0. The first-order chi connectivity index (χ1) is 4.20. The van der Waals surface area contributed by atoms with Crippen LogP contribution in [0.25, 0.3) is 0 Å². The molecule has 0 rings (SSSR count). The number of hydrogen-bond acceptors (Lipinski definition) is 5. The van der Waals surface area contributed by atoms with Gasteiger partial charge in [0.15, 0.2) is 0 Å². The third kappa shape index (κ3) is 5.77. The van der Waals surface area contributed by atoms with Crippen LogP contribution in [-0.2, 0) is 14.5 Å². The molecule has 0 aliphatic heterocycles. The van der Waals surface area contributed by atoms with E-state index in [1.54, 1.807) is 0 Å². The van der Waals surface area contributed by atoms with Crippen molar-refractivity contribution >= 4 is 26.2 Å². The first-order valence-corrected chi connectivity index (χ1v) is 1.56. The van der Waals surface area contributed by atoms with Gasteiger partial charge >= 0.3 is 26.2 Å². The molecule has 0 radical (unpaired) electrons. The van der Waals surface area contributed by atoms with Gasteiger partial charge in [-0.15, -0.1) is 10.1 Å². The summed E-state index contributed by atoms with van der Waals surface area (Å²) in [6, 6.07) is 0. The monoisotopic (exact) mass is 151 g/mol. The van der Waals surface area contributed by atoms with Crippen molar-refractivity contribution in [3.63, 3.8) is 0 Å². The van der Waals surface area contributed by atoms with Gasteiger partial charge in [0, 0.05) is 0 Å². The van der Waals surface area contributed by atoms with Crippen LogP contribution in [0.2, 0.25) is 0 Å². The molecule has 0 heterocycles. The zero-order valence-electron chi connectivity index (χ0n) is 3.82. The van der Waals surface area contributed by atoms with Crippen molar-refractivity contribution in [1.29, 1.82) is 0 Å². The number of rotatable bonds is 4. The fourth-order valence-electron chi connectivity index (χ4n) is 0.117. The van der Waals surface area contributed by atoms with E-state index in [0.29, 0.717) is 0 Å². The standard InChI is InChI=1S/BF2NO5.Li.H/c2-7-1(8-3)9-4(5)6;;. The Balaban J connectivity index is 0. The third-order valence-electron chi connectivity index (χ3n) is 0.318. The van der Waals surface area contributed by atoms with Gasteiger partial charge in [-0.05, 0) is 0 Å². The van der Waals surface area contributed by atoms with Gasteiger partial charge in [0.25, 0.3) is 5.09 Å². The molecule has 0 fully saturated rings. The molecule has 0 aromatic carbocycles. The third-order valence-corrected chi connectivity index (χ3v) is 0.318. The van der Waals surface area contributed by atoms with E-state index in [-0.39, 0.29) is 18.9 Å². The Hall–Kier alpha value is -0.358. The van der Waals surface area contributed by atoms with E-state index in [0.717, 1.165) is 0 Å². The molecule has 54 valence electrons. The molecular formula is HBF2LiNO5. The maximum atomic E-state index is 10.7. The Morgan fingerprint density at radius 2 is 1.80 bits per heavy atom. The molecule has 0 aromatic heterocycles. The van der Waals surface area contributed by atoms with E-state index >= 15 is 0 Å². The molecule has 0 unspecified atom stereocenters. The summed E-state index contributed by atoms with van der Waals surface area (Å²) in [6.07, 6.45) is 0. The number of halogens is 2. The van der Waals surface area contributed by atoms with E-state index in [2.05, 4.69) is 14.5 Å². The molecule has 10 heavy (non-hydrogen) atoms. The summed E-state index contributed by atoms with van der Waals surface area (Å²) in [6.45, 7) is 0. The summed E-state index contributed by atoms with van der Waals surface area (Å²) < 4.78 is 24.5. The summed E-state index contributed by atoms with van der Waals surface area (Å²) in [5, 5.41) is 7.75. The van der Waals surface area contributed by atoms with Gasteiger partial charge in [-0.3, -0.25) is 4.76 Å². The minimum atomic E-state index is -2.56. The number of nitrogens with zero attached hydrogens (tertiary/aromatic N) is 1. The molecule has 0 N–H and O–H groups in total. The van der Waals surface area contributed by atoms with Crippen LogP contribution in [0.3, 0.4) is 0 Å². The van der Waals surface area contributed by atoms with Crippen LogP contribution in [0, 0.1) is 10.1 Å². The minimum absolute atomic E-state index is 0. The summed E-state index contributed by atoms with van der Waals surface area (Å²) >= 11 is 0. The Bertz CT molecular complexity index is 97.6. The van der Waals surface area contributed by atoms with Gasteiger partial charge in [0.2, 0.25) is 0 Å². The molecule has 0 amide bonds. The zero-order chi connectivity index (χ0) is 7.28. The van der Waals surface area contributed by atoms with Gasteiger partial charge in [0.1, 0.15) is 0 Å². The Morgan fingerprint density at radius 1 is 1.40 bits per heavy atom. The molecule has 0 aliphatic carbocycles. The predicted molar refractivity (Wildman–Crippen MR) is 25.4 cm³/mol. The quantitative estimate of drug-likeness (QED) is 0.302. The van der Waals surface area contributed by atoms with Crippen molar-refractivity contribution in [1.82, 2.24) is 0 Å². The van der Waals surface area contributed by atoms with Crippen molar-refractivity contribution in [3.8, 4) is 0 Å². The second-order valence-electron chi connectivity index (χ2n) is 0.796.